The van der Waals surface area contributed by atoms with E-state index < -0.39 is 0 Å². The molecule has 1 unspecified atom stereocenters. The van der Waals surface area contributed by atoms with Crippen LogP contribution in [0.1, 0.15) is 28.3 Å². The van der Waals surface area contributed by atoms with E-state index in [-0.39, 0.29) is 12.6 Å². The summed E-state index contributed by atoms with van der Waals surface area (Å²) in [6.07, 6.45) is 0. The molecule has 0 saturated carbocycles. The Bertz CT molecular complexity index is 565. The standard InChI is InChI=1S/C17H19NO2/c19-10-14-7-5-13(6-8-14)9-18-17-12-20-11-15-3-1-2-4-16(15)17/h1-8,17-19H,9-12H2. The van der Waals surface area contributed by atoms with E-state index in [1.807, 2.05) is 24.3 Å². The highest BCUT2D eigenvalue weighted by atomic mass is 16.5. The van der Waals surface area contributed by atoms with Gasteiger partial charge in [-0.3, -0.25) is 0 Å². The van der Waals surface area contributed by atoms with Gasteiger partial charge in [-0.25, -0.2) is 0 Å². The van der Waals surface area contributed by atoms with Crippen molar-refractivity contribution in [1.82, 2.24) is 5.32 Å². The minimum absolute atomic E-state index is 0.0948. The Morgan fingerprint density at radius 3 is 2.60 bits per heavy atom. The van der Waals surface area contributed by atoms with Gasteiger partial charge in [0.25, 0.3) is 0 Å². The second-order valence-electron chi connectivity index (χ2n) is 5.12. The molecule has 20 heavy (non-hydrogen) atoms. The molecule has 3 nitrogen and oxygen atoms in total. The van der Waals surface area contributed by atoms with Crippen LogP contribution in [0.4, 0.5) is 0 Å². The fourth-order valence-corrected chi connectivity index (χ4v) is 2.55. The Labute approximate surface area is 119 Å². The van der Waals surface area contributed by atoms with E-state index in [1.54, 1.807) is 0 Å². The van der Waals surface area contributed by atoms with Gasteiger partial charge in [0.2, 0.25) is 0 Å². The predicted octanol–water partition coefficient (Wildman–Crippen LogP) is 2.54. The zero-order valence-electron chi connectivity index (χ0n) is 11.4. The van der Waals surface area contributed by atoms with Crippen LogP contribution in [-0.4, -0.2) is 11.7 Å². The molecule has 0 bridgehead atoms. The molecule has 1 heterocycles. The SMILES string of the molecule is OCc1ccc(CNC2COCc3ccccc32)cc1. The van der Waals surface area contributed by atoms with Gasteiger partial charge in [0, 0.05) is 6.54 Å². The number of rotatable bonds is 4. The summed E-state index contributed by atoms with van der Waals surface area (Å²) in [5.41, 5.74) is 4.77. The zero-order chi connectivity index (χ0) is 13.8. The smallest absolute Gasteiger partial charge is 0.0721 e. The molecule has 0 aromatic heterocycles. The fraction of sp³-hybridized carbons (Fsp3) is 0.294. The first-order valence-electron chi connectivity index (χ1n) is 6.94. The van der Waals surface area contributed by atoms with Gasteiger partial charge in [-0.15, -0.1) is 0 Å². The van der Waals surface area contributed by atoms with Crippen molar-refractivity contribution in [3.8, 4) is 0 Å². The van der Waals surface area contributed by atoms with Crippen LogP contribution in [0.5, 0.6) is 0 Å². The Hall–Kier alpha value is -1.68. The van der Waals surface area contributed by atoms with E-state index in [4.69, 9.17) is 9.84 Å². The summed E-state index contributed by atoms with van der Waals surface area (Å²) in [7, 11) is 0. The molecule has 0 saturated heterocycles. The van der Waals surface area contributed by atoms with Crippen molar-refractivity contribution >= 4 is 0 Å². The van der Waals surface area contributed by atoms with Crippen molar-refractivity contribution < 1.29 is 9.84 Å². The van der Waals surface area contributed by atoms with Crippen molar-refractivity contribution in [2.45, 2.75) is 25.8 Å². The van der Waals surface area contributed by atoms with Crippen molar-refractivity contribution in [3.05, 3.63) is 70.8 Å². The summed E-state index contributed by atoms with van der Waals surface area (Å²) in [4.78, 5) is 0. The average Bonchev–Trinajstić information content (AvgIpc) is 2.53. The number of benzene rings is 2. The van der Waals surface area contributed by atoms with E-state index in [0.717, 1.165) is 12.1 Å². The van der Waals surface area contributed by atoms with Crippen LogP contribution in [-0.2, 0) is 24.5 Å². The summed E-state index contributed by atoms with van der Waals surface area (Å²) >= 11 is 0. The highest BCUT2D eigenvalue weighted by Gasteiger charge is 2.19. The lowest BCUT2D eigenvalue weighted by Gasteiger charge is -2.26. The van der Waals surface area contributed by atoms with Crippen LogP contribution in [0.3, 0.4) is 0 Å². The molecule has 2 aromatic rings. The third-order valence-electron chi connectivity index (χ3n) is 3.73. The molecule has 3 heteroatoms. The van der Waals surface area contributed by atoms with Crippen molar-refractivity contribution in [2.24, 2.45) is 0 Å². The Kier molecular flexibility index (Phi) is 4.11. The largest absolute Gasteiger partial charge is 0.392 e. The van der Waals surface area contributed by atoms with E-state index in [2.05, 4.69) is 29.6 Å². The number of hydrogen-bond donors (Lipinski definition) is 2. The summed E-state index contributed by atoms with van der Waals surface area (Å²) in [5, 5.41) is 12.6. The second kappa shape index (κ2) is 6.18. The summed E-state index contributed by atoms with van der Waals surface area (Å²) in [5.74, 6) is 0. The van der Waals surface area contributed by atoms with Crippen molar-refractivity contribution in [1.29, 1.82) is 0 Å². The van der Waals surface area contributed by atoms with Crippen molar-refractivity contribution in [2.75, 3.05) is 6.61 Å². The Balaban J connectivity index is 1.66. The normalized spacial score (nSPS) is 17.8. The van der Waals surface area contributed by atoms with Crippen molar-refractivity contribution in [3.63, 3.8) is 0 Å². The Morgan fingerprint density at radius 1 is 1.05 bits per heavy atom. The third-order valence-corrected chi connectivity index (χ3v) is 3.73. The fourth-order valence-electron chi connectivity index (χ4n) is 2.55. The van der Waals surface area contributed by atoms with Crippen LogP contribution in [0, 0.1) is 0 Å². The number of aliphatic hydroxyl groups excluding tert-OH is 1. The molecular weight excluding hydrogens is 250 g/mol. The van der Waals surface area contributed by atoms with E-state index in [0.29, 0.717) is 13.2 Å². The van der Waals surface area contributed by atoms with Gasteiger partial charge in [-0.2, -0.15) is 0 Å². The Morgan fingerprint density at radius 2 is 1.80 bits per heavy atom. The maximum absolute atomic E-state index is 9.04. The van der Waals surface area contributed by atoms with Crippen LogP contribution < -0.4 is 5.32 Å². The minimum Gasteiger partial charge on any atom is -0.392 e. The number of aliphatic hydroxyl groups is 1. The summed E-state index contributed by atoms with van der Waals surface area (Å²) in [6.45, 7) is 2.32. The van der Waals surface area contributed by atoms with Gasteiger partial charge >= 0.3 is 0 Å². The third kappa shape index (κ3) is 2.90. The minimum atomic E-state index is 0.0948. The van der Waals surface area contributed by atoms with E-state index in [1.165, 1.54) is 16.7 Å². The maximum Gasteiger partial charge on any atom is 0.0721 e. The van der Waals surface area contributed by atoms with Gasteiger partial charge in [-0.05, 0) is 22.3 Å². The molecule has 0 spiro atoms. The highest BCUT2D eigenvalue weighted by molar-refractivity contribution is 5.31. The number of fused-ring (bicyclic) bond motifs is 1. The molecule has 2 aromatic carbocycles. The van der Waals surface area contributed by atoms with Crippen LogP contribution in [0.15, 0.2) is 48.5 Å². The summed E-state index contributed by atoms with van der Waals surface area (Å²) in [6, 6.07) is 16.7. The average molecular weight is 269 g/mol. The first-order chi connectivity index (χ1) is 9.86. The van der Waals surface area contributed by atoms with Gasteiger partial charge in [-0.1, -0.05) is 48.5 Å². The topological polar surface area (TPSA) is 41.5 Å². The number of ether oxygens (including phenoxy) is 1. The molecule has 2 N–H and O–H groups in total. The number of hydrogen-bond acceptors (Lipinski definition) is 3. The lowest BCUT2D eigenvalue weighted by molar-refractivity contribution is 0.0817. The quantitative estimate of drug-likeness (QED) is 0.896. The molecule has 1 atom stereocenters. The summed E-state index contributed by atoms with van der Waals surface area (Å²) < 4.78 is 5.64. The van der Waals surface area contributed by atoms with E-state index >= 15 is 0 Å². The highest BCUT2D eigenvalue weighted by Crippen LogP contribution is 2.24. The first-order valence-corrected chi connectivity index (χ1v) is 6.94. The van der Waals surface area contributed by atoms with Gasteiger partial charge in [0.1, 0.15) is 0 Å². The van der Waals surface area contributed by atoms with Crippen LogP contribution >= 0.6 is 0 Å². The molecule has 1 aliphatic rings. The molecular formula is C17H19NO2. The number of nitrogens with one attached hydrogen (secondary N) is 1. The lowest BCUT2D eigenvalue weighted by atomic mass is 9.99. The van der Waals surface area contributed by atoms with Gasteiger partial charge in [0.05, 0.1) is 25.9 Å². The maximum atomic E-state index is 9.04. The lowest BCUT2D eigenvalue weighted by Crippen LogP contribution is -2.29. The molecule has 1 aliphatic heterocycles. The second-order valence-corrected chi connectivity index (χ2v) is 5.12. The zero-order valence-corrected chi connectivity index (χ0v) is 11.4. The monoisotopic (exact) mass is 269 g/mol. The molecule has 0 aliphatic carbocycles. The van der Waals surface area contributed by atoms with Crippen LogP contribution in [0.25, 0.3) is 0 Å². The van der Waals surface area contributed by atoms with E-state index in [9.17, 15) is 0 Å². The van der Waals surface area contributed by atoms with Gasteiger partial charge in [0.15, 0.2) is 0 Å². The molecule has 0 radical (unpaired) electrons. The molecule has 0 amide bonds. The molecule has 104 valence electrons. The first kappa shape index (κ1) is 13.3. The molecule has 0 fully saturated rings. The molecule has 3 rings (SSSR count). The predicted molar refractivity (Wildman–Crippen MR) is 78.0 cm³/mol. The van der Waals surface area contributed by atoms with Gasteiger partial charge < -0.3 is 15.2 Å². The van der Waals surface area contributed by atoms with Crippen LogP contribution in [0.2, 0.25) is 0 Å².